The largest absolute Gasteiger partial charge is 0.507 e. The van der Waals surface area contributed by atoms with Gasteiger partial charge in [-0.3, -0.25) is 4.98 Å². The Hall–Kier alpha value is -1.35. The van der Waals surface area contributed by atoms with Crippen LogP contribution in [0.2, 0.25) is 5.02 Å². The second-order valence-electron chi connectivity index (χ2n) is 3.05. The highest BCUT2D eigenvalue weighted by atomic mass is 35.5. The lowest BCUT2D eigenvalue weighted by Crippen LogP contribution is -1.86. The summed E-state index contributed by atoms with van der Waals surface area (Å²) in [6.07, 6.45) is 1.52. The first-order valence-corrected chi connectivity index (χ1v) is 4.41. The number of benzene rings is 1. The van der Waals surface area contributed by atoms with E-state index in [1.807, 2.05) is 0 Å². The molecule has 0 amide bonds. The number of aromatic hydroxyl groups is 1. The Labute approximate surface area is 85.0 Å². The molecule has 2 rings (SSSR count). The van der Waals surface area contributed by atoms with Crippen molar-refractivity contribution >= 4 is 22.5 Å². The van der Waals surface area contributed by atoms with E-state index in [1.54, 1.807) is 6.92 Å². The van der Waals surface area contributed by atoms with Crippen LogP contribution in [-0.2, 0) is 0 Å². The van der Waals surface area contributed by atoms with Crippen LogP contribution in [0.15, 0.2) is 18.3 Å². The number of aromatic nitrogens is 1. The lowest BCUT2D eigenvalue weighted by atomic mass is 10.1. The lowest BCUT2D eigenvalue weighted by Gasteiger charge is -2.05. The number of halogens is 2. The normalized spacial score (nSPS) is 10.8. The Morgan fingerprint density at radius 3 is 2.86 bits per heavy atom. The fourth-order valence-electron chi connectivity index (χ4n) is 1.30. The predicted octanol–water partition coefficient (Wildman–Crippen LogP) is 3.04. The molecule has 0 aliphatic carbocycles. The number of hydrogen-bond acceptors (Lipinski definition) is 2. The molecule has 0 saturated carbocycles. The van der Waals surface area contributed by atoms with E-state index in [-0.39, 0.29) is 16.2 Å². The zero-order chi connectivity index (χ0) is 10.3. The minimum atomic E-state index is -0.554. The molecule has 1 aromatic carbocycles. The van der Waals surface area contributed by atoms with Gasteiger partial charge < -0.3 is 5.11 Å². The van der Waals surface area contributed by atoms with Gasteiger partial charge in [-0.05, 0) is 19.1 Å². The summed E-state index contributed by atoms with van der Waals surface area (Å²) in [5.41, 5.74) is 1.06. The summed E-state index contributed by atoms with van der Waals surface area (Å²) >= 11 is 5.73. The van der Waals surface area contributed by atoms with Crippen molar-refractivity contribution in [1.29, 1.82) is 0 Å². The van der Waals surface area contributed by atoms with E-state index in [1.165, 1.54) is 18.3 Å². The van der Waals surface area contributed by atoms with E-state index in [2.05, 4.69) is 4.98 Å². The molecule has 14 heavy (non-hydrogen) atoms. The molecule has 0 saturated heterocycles. The van der Waals surface area contributed by atoms with Crippen LogP contribution in [0.1, 0.15) is 5.56 Å². The minimum absolute atomic E-state index is 0.0144. The molecule has 0 radical (unpaired) electrons. The number of aryl methyl sites for hydroxylation is 1. The summed E-state index contributed by atoms with van der Waals surface area (Å²) in [4.78, 5) is 4.03. The van der Waals surface area contributed by atoms with Crippen LogP contribution >= 0.6 is 11.6 Å². The highest BCUT2D eigenvalue weighted by Crippen LogP contribution is 2.33. The Morgan fingerprint density at radius 2 is 2.14 bits per heavy atom. The second kappa shape index (κ2) is 3.10. The quantitative estimate of drug-likeness (QED) is 0.727. The molecule has 1 heterocycles. The first-order valence-electron chi connectivity index (χ1n) is 4.03. The van der Waals surface area contributed by atoms with Crippen molar-refractivity contribution in [2.45, 2.75) is 6.92 Å². The Balaban J connectivity index is 2.98. The zero-order valence-electron chi connectivity index (χ0n) is 7.38. The zero-order valence-corrected chi connectivity index (χ0v) is 8.14. The van der Waals surface area contributed by atoms with Crippen LogP contribution in [0.3, 0.4) is 0 Å². The standard InChI is InChI=1S/C10H7ClFNO/c1-5-4-13-7-3-2-6(12)9(11)8(7)10(5)14/h2-4H,1H3,(H,13,14). The van der Waals surface area contributed by atoms with Crippen LogP contribution in [0.5, 0.6) is 5.75 Å². The molecule has 4 heteroatoms. The highest BCUT2D eigenvalue weighted by molar-refractivity contribution is 6.36. The van der Waals surface area contributed by atoms with Gasteiger partial charge >= 0.3 is 0 Å². The Morgan fingerprint density at radius 1 is 1.43 bits per heavy atom. The first-order chi connectivity index (χ1) is 6.61. The number of nitrogens with zero attached hydrogens (tertiary/aromatic N) is 1. The summed E-state index contributed by atoms with van der Waals surface area (Å²) in [7, 11) is 0. The smallest absolute Gasteiger partial charge is 0.142 e. The highest BCUT2D eigenvalue weighted by Gasteiger charge is 2.11. The SMILES string of the molecule is Cc1cnc2ccc(F)c(Cl)c2c1O. The van der Waals surface area contributed by atoms with Gasteiger partial charge in [-0.25, -0.2) is 4.39 Å². The maximum atomic E-state index is 13.1. The second-order valence-corrected chi connectivity index (χ2v) is 3.42. The number of hydrogen-bond donors (Lipinski definition) is 1. The topological polar surface area (TPSA) is 33.1 Å². The molecule has 72 valence electrons. The summed E-state index contributed by atoms with van der Waals surface area (Å²) in [6.45, 7) is 1.68. The fourth-order valence-corrected chi connectivity index (χ4v) is 1.55. The van der Waals surface area contributed by atoms with Crippen molar-refractivity contribution in [1.82, 2.24) is 4.98 Å². The van der Waals surface area contributed by atoms with Gasteiger partial charge in [0, 0.05) is 11.8 Å². The average molecular weight is 212 g/mol. The van der Waals surface area contributed by atoms with Crippen LogP contribution in [0.25, 0.3) is 10.9 Å². The third-order valence-electron chi connectivity index (χ3n) is 2.08. The van der Waals surface area contributed by atoms with Crippen molar-refractivity contribution in [3.05, 3.63) is 34.7 Å². The van der Waals surface area contributed by atoms with E-state index in [0.29, 0.717) is 11.1 Å². The first kappa shape index (κ1) is 9.21. The van der Waals surface area contributed by atoms with Gasteiger partial charge in [0.25, 0.3) is 0 Å². The molecule has 0 fully saturated rings. The van der Waals surface area contributed by atoms with Gasteiger partial charge in [0.2, 0.25) is 0 Å². The molecular weight excluding hydrogens is 205 g/mol. The fraction of sp³-hybridized carbons (Fsp3) is 0.100. The molecule has 0 aliphatic rings. The summed E-state index contributed by atoms with van der Waals surface area (Å²) in [5, 5.41) is 9.86. The molecule has 2 aromatic rings. The Kier molecular flexibility index (Phi) is 2.04. The van der Waals surface area contributed by atoms with Crippen molar-refractivity contribution in [2.75, 3.05) is 0 Å². The van der Waals surface area contributed by atoms with Gasteiger partial charge in [0.1, 0.15) is 11.6 Å². The Bertz CT molecular complexity index is 470. The van der Waals surface area contributed by atoms with Gasteiger partial charge in [0.05, 0.1) is 15.9 Å². The third kappa shape index (κ3) is 1.21. The van der Waals surface area contributed by atoms with Crippen LogP contribution in [-0.4, -0.2) is 10.1 Å². The molecule has 0 atom stereocenters. The monoisotopic (exact) mass is 211 g/mol. The molecular formula is C10H7ClFNO. The van der Waals surface area contributed by atoms with Gasteiger partial charge in [0.15, 0.2) is 0 Å². The third-order valence-corrected chi connectivity index (χ3v) is 2.45. The van der Waals surface area contributed by atoms with Gasteiger partial charge in [-0.15, -0.1) is 0 Å². The molecule has 0 bridgehead atoms. The minimum Gasteiger partial charge on any atom is -0.507 e. The van der Waals surface area contributed by atoms with Crippen molar-refractivity contribution < 1.29 is 9.50 Å². The number of rotatable bonds is 0. The van der Waals surface area contributed by atoms with Crippen molar-refractivity contribution in [3.8, 4) is 5.75 Å². The van der Waals surface area contributed by atoms with Crippen LogP contribution < -0.4 is 0 Å². The van der Waals surface area contributed by atoms with E-state index in [0.717, 1.165) is 0 Å². The summed E-state index contributed by atoms with van der Waals surface area (Å²) < 4.78 is 13.1. The van der Waals surface area contributed by atoms with Crippen molar-refractivity contribution in [3.63, 3.8) is 0 Å². The van der Waals surface area contributed by atoms with E-state index >= 15 is 0 Å². The van der Waals surface area contributed by atoms with E-state index in [9.17, 15) is 9.50 Å². The predicted molar refractivity (Wildman–Crippen MR) is 53.1 cm³/mol. The maximum absolute atomic E-state index is 13.1. The van der Waals surface area contributed by atoms with Crippen LogP contribution in [0, 0.1) is 12.7 Å². The molecule has 0 unspecified atom stereocenters. The molecule has 1 aromatic heterocycles. The lowest BCUT2D eigenvalue weighted by molar-refractivity contribution is 0.476. The average Bonchev–Trinajstić information content (AvgIpc) is 2.17. The van der Waals surface area contributed by atoms with E-state index in [4.69, 9.17) is 11.6 Å². The molecule has 1 N–H and O–H groups in total. The molecule has 2 nitrogen and oxygen atoms in total. The summed E-state index contributed by atoms with van der Waals surface area (Å²) in [5.74, 6) is -0.568. The van der Waals surface area contributed by atoms with Crippen LogP contribution in [0.4, 0.5) is 4.39 Å². The van der Waals surface area contributed by atoms with Crippen molar-refractivity contribution in [2.24, 2.45) is 0 Å². The summed E-state index contributed by atoms with van der Waals surface area (Å²) in [6, 6.07) is 2.71. The van der Waals surface area contributed by atoms with E-state index < -0.39 is 5.82 Å². The maximum Gasteiger partial charge on any atom is 0.142 e. The number of pyridine rings is 1. The number of fused-ring (bicyclic) bond motifs is 1. The molecule has 0 spiro atoms. The molecule has 0 aliphatic heterocycles. The van der Waals surface area contributed by atoms with Gasteiger partial charge in [-0.2, -0.15) is 0 Å². The van der Waals surface area contributed by atoms with Gasteiger partial charge in [-0.1, -0.05) is 11.6 Å².